The molecule has 0 radical (unpaired) electrons. The van der Waals surface area contributed by atoms with Crippen LogP contribution >= 0.6 is 11.3 Å². The zero-order chi connectivity index (χ0) is 7.19. The van der Waals surface area contributed by atoms with Crippen molar-refractivity contribution in [3.8, 4) is 0 Å². The summed E-state index contributed by atoms with van der Waals surface area (Å²) in [6.07, 6.45) is 2.59. The summed E-state index contributed by atoms with van der Waals surface area (Å²) >= 11 is 1.73. The predicted molar refractivity (Wildman–Crippen MR) is 41.2 cm³/mol. The topological polar surface area (TPSA) is 25.8 Å². The Bertz CT molecular complexity index is 250. The quantitative estimate of drug-likeness (QED) is 0.617. The van der Waals surface area contributed by atoms with Crippen molar-refractivity contribution in [1.82, 2.24) is 10.2 Å². The molecule has 0 aliphatic heterocycles. The Hall–Kier alpha value is -0.440. The van der Waals surface area contributed by atoms with Gasteiger partial charge in [0.2, 0.25) is 0 Å². The molecular formula is C7H10N2S. The third kappa shape index (κ3) is 0.850. The minimum Gasteiger partial charge on any atom is -0.144 e. The van der Waals surface area contributed by atoms with E-state index in [2.05, 4.69) is 17.1 Å². The van der Waals surface area contributed by atoms with Gasteiger partial charge in [0.1, 0.15) is 10.0 Å². The number of hydrogen-bond donors (Lipinski definition) is 0. The van der Waals surface area contributed by atoms with Crippen LogP contribution in [-0.2, 0) is 5.41 Å². The third-order valence-corrected chi connectivity index (χ3v) is 3.19. The van der Waals surface area contributed by atoms with Crippen LogP contribution in [0, 0.1) is 6.92 Å². The van der Waals surface area contributed by atoms with Crippen molar-refractivity contribution in [3.05, 3.63) is 10.0 Å². The molecule has 1 aromatic heterocycles. The van der Waals surface area contributed by atoms with E-state index in [0.717, 1.165) is 5.01 Å². The number of hydrogen-bond acceptors (Lipinski definition) is 3. The van der Waals surface area contributed by atoms with Gasteiger partial charge in [0.05, 0.1) is 0 Å². The lowest BCUT2D eigenvalue weighted by Gasteiger charge is -1.97. The molecule has 0 bridgehead atoms. The fraction of sp³-hybridized carbons (Fsp3) is 0.714. The highest BCUT2D eigenvalue weighted by Gasteiger charge is 2.42. The molecule has 0 spiro atoms. The first-order valence-corrected chi connectivity index (χ1v) is 4.33. The van der Waals surface area contributed by atoms with Crippen molar-refractivity contribution in [2.75, 3.05) is 0 Å². The van der Waals surface area contributed by atoms with Gasteiger partial charge in [-0.25, -0.2) is 0 Å². The van der Waals surface area contributed by atoms with Crippen LogP contribution in [0.4, 0.5) is 0 Å². The maximum absolute atomic E-state index is 4.12. The summed E-state index contributed by atoms with van der Waals surface area (Å²) in [5.74, 6) is 0. The highest BCUT2D eigenvalue weighted by Crippen LogP contribution is 2.48. The maximum Gasteiger partial charge on any atom is 0.123 e. The molecule has 0 N–H and O–H groups in total. The summed E-state index contributed by atoms with van der Waals surface area (Å²) < 4.78 is 0. The smallest absolute Gasteiger partial charge is 0.123 e. The average molecular weight is 154 g/mol. The van der Waals surface area contributed by atoms with Gasteiger partial charge >= 0.3 is 0 Å². The first-order chi connectivity index (χ1) is 4.71. The second-order valence-corrected chi connectivity index (χ2v) is 4.37. The highest BCUT2D eigenvalue weighted by atomic mass is 32.1. The molecule has 2 rings (SSSR count). The minimum atomic E-state index is 0.409. The monoisotopic (exact) mass is 154 g/mol. The van der Waals surface area contributed by atoms with Crippen LogP contribution in [0.15, 0.2) is 0 Å². The van der Waals surface area contributed by atoms with Gasteiger partial charge in [0.15, 0.2) is 0 Å². The van der Waals surface area contributed by atoms with Crippen molar-refractivity contribution >= 4 is 11.3 Å². The van der Waals surface area contributed by atoms with Gasteiger partial charge in [-0.15, -0.1) is 21.5 Å². The van der Waals surface area contributed by atoms with E-state index < -0.39 is 0 Å². The number of rotatable bonds is 1. The summed E-state index contributed by atoms with van der Waals surface area (Å²) in [7, 11) is 0. The molecular weight excluding hydrogens is 144 g/mol. The van der Waals surface area contributed by atoms with Gasteiger partial charge in [-0.05, 0) is 19.8 Å². The van der Waals surface area contributed by atoms with Gasteiger partial charge < -0.3 is 0 Å². The molecule has 0 amide bonds. The Balaban J connectivity index is 2.34. The van der Waals surface area contributed by atoms with Gasteiger partial charge in [0, 0.05) is 5.41 Å². The average Bonchev–Trinajstić information content (AvgIpc) is 2.45. The fourth-order valence-electron chi connectivity index (χ4n) is 0.942. The van der Waals surface area contributed by atoms with Crippen molar-refractivity contribution in [2.24, 2.45) is 0 Å². The van der Waals surface area contributed by atoms with Gasteiger partial charge in [0.25, 0.3) is 0 Å². The Labute approximate surface area is 64.3 Å². The first kappa shape index (κ1) is 6.28. The molecule has 10 heavy (non-hydrogen) atoms. The molecule has 1 fully saturated rings. The lowest BCUT2D eigenvalue weighted by molar-refractivity contribution is 0.755. The van der Waals surface area contributed by atoms with E-state index in [1.807, 2.05) is 6.92 Å². The first-order valence-electron chi connectivity index (χ1n) is 3.51. The van der Waals surface area contributed by atoms with Crippen LogP contribution in [-0.4, -0.2) is 10.2 Å². The Morgan fingerprint density at radius 3 is 2.50 bits per heavy atom. The van der Waals surface area contributed by atoms with E-state index in [4.69, 9.17) is 0 Å². The van der Waals surface area contributed by atoms with E-state index in [9.17, 15) is 0 Å². The number of nitrogens with zero attached hydrogens (tertiary/aromatic N) is 2. The molecule has 2 nitrogen and oxygen atoms in total. The third-order valence-electron chi connectivity index (χ3n) is 2.04. The predicted octanol–water partition coefficient (Wildman–Crippen LogP) is 1.90. The Morgan fingerprint density at radius 2 is 2.10 bits per heavy atom. The number of aryl methyl sites for hydroxylation is 1. The summed E-state index contributed by atoms with van der Waals surface area (Å²) in [5.41, 5.74) is 0.409. The fourth-order valence-corrected chi connectivity index (χ4v) is 1.84. The summed E-state index contributed by atoms with van der Waals surface area (Å²) in [5, 5.41) is 10.4. The zero-order valence-electron chi connectivity index (χ0n) is 6.22. The molecule has 0 atom stereocenters. The lowest BCUT2D eigenvalue weighted by Crippen LogP contribution is -1.97. The van der Waals surface area contributed by atoms with Crippen LogP contribution in [0.25, 0.3) is 0 Å². The van der Waals surface area contributed by atoms with E-state index in [1.165, 1.54) is 17.8 Å². The van der Waals surface area contributed by atoms with E-state index >= 15 is 0 Å². The molecule has 1 aromatic rings. The SMILES string of the molecule is Cc1nnc(C2(C)CC2)s1. The standard InChI is InChI=1S/C7H10N2S/c1-5-8-9-6(10-5)7(2)3-4-7/h3-4H2,1-2H3. The molecule has 3 heteroatoms. The van der Waals surface area contributed by atoms with E-state index in [0.29, 0.717) is 5.41 Å². The minimum absolute atomic E-state index is 0.409. The van der Waals surface area contributed by atoms with Gasteiger partial charge in [-0.2, -0.15) is 0 Å². The zero-order valence-corrected chi connectivity index (χ0v) is 7.03. The number of aromatic nitrogens is 2. The highest BCUT2D eigenvalue weighted by molar-refractivity contribution is 7.11. The molecule has 1 aliphatic carbocycles. The van der Waals surface area contributed by atoms with E-state index in [-0.39, 0.29) is 0 Å². The van der Waals surface area contributed by atoms with Crippen LogP contribution in [0.2, 0.25) is 0 Å². The van der Waals surface area contributed by atoms with Crippen molar-refractivity contribution < 1.29 is 0 Å². The molecule has 0 unspecified atom stereocenters. The molecule has 1 aliphatic rings. The van der Waals surface area contributed by atoms with Crippen LogP contribution < -0.4 is 0 Å². The molecule has 0 aromatic carbocycles. The molecule has 54 valence electrons. The van der Waals surface area contributed by atoms with Crippen LogP contribution in [0.5, 0.6) is 0 Å². The molecule has 1 heterocycles. The maximum atomic E-state index is 4.12. The van der Waals surface area contributed by atoms with Crippen molar-refractivity contribution in [3.63, 3.8) is 0 Å². The second kappa shape index (κ2) is 1.78. The summed E-state index contributed by atoms with van der Waals surface area (Å²) in [6.45, 7) is 4.26. The molecule has 0 saturated heterocycles. The summed E-state index contributed by atoms with van der Waals surface area (Å²) in [6, 6.07) is 0. The van der Waals surface area contributed by atoms with E-state index in [1.54, 1.807) is 11.3 Å². The van der Waals surface area contributed by atoms with Crippen molar-refractivity contribution in [1.29, 1.82) is 0 Å². The van der Waals surface area contributed by atoms with Crippen LogP contribution in [0.3, 0.4) is 0 Å². The van der Waals surface area contributed by atoms with Crippen LogP contribution in [0.1, 0.15) is 29.8 Å². The lowest BCUT2D eigenvalue weighted by atomic mass is 10.2. The second-order valence-electron chi connectivity index (χ2n) is 3.19. The van der Waals surface area contributed by atoms with Gasteiger partial charge in [-0.1, -0.05) is 6.92 Å². The Morgan fingerprint density at radius 1 is 1.40 bits per heavy atom. The summed E-state index contributed by atoms with van der Waals surface area (Å²) in [4.78, 5) is 0. The van der Waals surface area contributed by atoms with Crippen molar-refractivity contribution in [2.45, 2.75) is 32.1 Å². The largest absolute Gasteiger partial charge is 0.144 e. The normalized spacial score (nSPS) is 21.0. The molecule has 1 saturated carbocycles. The Kier molecular flexibility index (Phi) is 1.12. The van der Waals surface area contributed by atoms with Gasteiger partial charge in [-0.3, -0.25) is 0 Å².